The Hall–Kier alpha value is -0.870. The van der Waals surface area contributed by atoms with Crippen LogP contribution in [-0.4, -0.2) is 32.1 Å². The van der Waals surface area contributed by atoms with Gasteiger partial charge in [0.05, 0.1) is 6.61 Å². The van der Waals surface area contributed by atoms with Gasteiger partial charge in [-0.15, -0.1) is 0 Å². The van der Waals surface area contributed by atoms with Crippen LogP contribution in [0, 0.1) is 0 Å². The van der Waals surface area contributed by atoms with Crippen LogP contribution in [0.3, 0.4) is 0 Å². The van der Waals surface area contributed by atoms with Gasteiger partial charge in [0.25, 0.3) is 0 Å². The number of allylic oxidation sites excluding steroid dienone is 1. The zero-order valence-corrected chi connectivity index (χ0v) is 10.4. The van der Waals surface area contributed by atoms with Crippen molar-refractivity contribution in [3.8, 4) is 0 Å². The third-order valence-electron chi connectivity index (χ3n) is 1.84. The lowest BCUT2D eigenvalue weighted by Gasteiger charge is -2.16. The molecule has 0 aromatic carbocycles. The quantitative estimate of drug-likeness (QED) is 0.264. The van der Waals surface area contributed by atoms with Gasteiger partial charge in [-0.05, 0) is 27.2 Å². The van der Waals surface area contributed by atoms with Crippen molar-refractivity contribution in [2.45, 2.75) is 39.9 Å². The van der Waals surface area contributed by atoms with E-state index in [2.05, 4.69) is 0 Å². The number of hydrogen-bond acceptors (Lipinski definition) is 4. The van der Waals surface area contributed by atoms with Gasteiger partial charge < -0.3 is 14.2 Å². The normalized spacial score (nSPS) is 11.2. The summed E-state index contributed by atoms with van der Waals surface area (Å²) >= 11 is 0. The van der Waals surface area contributed by atoms with Crippen molar-refractivity contribution >= 4 is 5.97 Å². The molecule has 0 heterocycles. The third-order valence-corrected chi connectivity index (χ3v) is 1.84. The first-order valence-corrected chi connectivity index (χ1v) is 5.77. The van der Waals surface area contributed by atoms with Crippen LogP contribution in [0.1, 0.15) is 33.6 Å². The van der Waals surface area contributed by atoms with Gasteiger partial charge in [-0.1, -0.05) is 6.08 Å². The molecule has 0 N–H and O–H groups in total. The molecular formula is C12H22O4. The molecule has 4 heteroatoms. The molecule has 0 rings (SSSR count). The predicted molar refractivity (Wildman–Crippen MR) is 62.0 cm³/mol. The molecule has 0 aliphatic carbocycles. The van der Waals surface area contributed by atoms with Crippen molar-refractivity contribution in [1.82, 2.24) is 0 Å². The minimum absolute atomic E-state index is 0.185. The number of esters is 1. The minimum atomic E-state index is -0.299. The minimum Gasteiger partial charge on any atom is -0.463 e. The van der Waals surface area contributed by atoms with Crippen LogP contribution in [0.25, 0.3) is 0 Å². The van der Waals surface area contributed by atoms with Gasteiger partial charge in [0, 0.05) is 25.7 Å². The number of carbonyl (C=O) groups is 1. The molecule has 94 valence electrons. The first-order chi connectivity index (χ1) is 7.74. The number of carbonyl (C=O) groups excluding carboxylic acids is 1. The summed E-state index contributed by atoms with van der Waals surface area (Å²) in [7, 11) is 0. The SMILES string of the molecule is CC=CC(=O)OCCCC(OCC)OCC. The largest absolute Gasteiger partial charge is 0.463 e. The van der Waals surface area contributed by atoms with E-state index in [1.807, 2.05) is 13.8 Å². The third kappa shape index (κ3) is 8.44. The zero-order valence-electron chi connectivity index (χ0n) is 10.4. The van der Waals surface area contributed by atoms with E-state index < -0.39 is 0 Å². The molecule has 4 nitrogen and oxygen atoms in total. The Morgan fingerprint density at radius 1 is 1.25 bits per heavy atom. The van der Waals surface area contributed by atoms with Gasteiger partial charge in [0.2, 0.25) is 0 Å². The highest BCUT2D eigenvalue weighted by atomic mass is 16.7. The maximum Gasteiger partial charge on any atom is 0.330 e. The summed E-state index contributed by atoms with van der Waals surface area (Å²) in [4.78, 5) is 11.0. The average molecular weight is 230 g/mol. The molecule has 0 atom stereocenters. The number of ether oxygens (including phenoxy) is 3. The summed E-state index contributed by atoms with van der Waals surface area (Å²) in [5, 5.41) is 0. The average Bonchev–Trinajstić information content (AvgIpc) is 2.25. The smallest absolute Gasteiger partial charge is 0.330 e. The first kappa shape index (κ1) is 15.1. The standard InChI is InChI=1S/C12H22O4/c1-4-8-11(13)16-10-7-9-12(14-5-2)15-6-3/h4,8,12H,5-7,9-10H2,1-3H3. The van der Waals surface area contributed by atoms with E-state index in [0.717, 1.165) is 12.8 Å². The van der Waals surface area contributed by atoms with E-state index in [-0.39, 0.29) is 12.3 Å². The summed E-state index contributed by atoms with van der Waals surface area (Å²) in [6.07, 6.45) is 4.36. The Balaban J connectivity index is 3.57. The van der Waals surface area contributed by atoms with Crippen LogP contribution in [0.2, 0.25) is 0 Å². The van der Waals surface area contributed by atoms with Crippen LogP contribution < -0.4 is 0 Å². The molecule has 0 fully saturated rings. The van der Waals surface area contributed by atoms with Gasteiger partial charge in [0.1, 0.15) is 0 Å². The van der Waals surface area contributed by atoms with Gasteiger partial charge >= 0.3 is 5.97 Å². The summed E-state index contributed by atoms with van der Waals surface area (Å²) in [6, 6.07) is 0. The van der Waals surface area contributed by atoms with E-state index >= 15 is 0 Å². The maximum absolute atomic E-state index is 11.0. The molecular weight excluding hydrogens is 208 g/mol. The van der Waals surface area contributed by atoms with Crippen LogP contribution >= 0.6 is 0 Å². The maximum atomic E-state index is 11.0. The van der Waals surface area contributed by atoms with Gasteiger partial charge in [-0.2, -0.15) is 0 Å². The van der Waals surface area contributed by atoms with Crippen LogP contribution in [0.4, 0.5) is 0 Å². The fourth-order valence-corrected chi connectivity index (χ4v) is 1.19. The van der Waals surface area contributed by atoms with Crippen molar-refractivity contribution < 1.29 is 19.0 Å². The Kier molecular flexibility index (Phi) is 10.1. The zero-order chi connectivity index (χ0) is 12.2. The van der Waals surface area contributed by atoms with Crippen molar-refractivity contribution in [2.75, 3.05) is 19.8 Å². The lowest BCUT2D eigenvalue weighted by molar-refractivity contribution is -0.146. The van der Waals surface area contributed by atoms with Gasteiger partial charge in [-0.25, -0.2) is 4.79 Å². The number of rotatable bonds is 9. The summed E-state index contributed by atoms with van der Waals surface area (Å²) < 4.78 is 15.7. The summed E-state index contributed by atoms with van der Waals surface area (Å²) in [6.45, 7) is 7.30. The molecule has 0 aromatic rings. The Bertz CT molecular complexity index is 195. The number of hydrogen-bond donors (Lipinski definition) is 0. The highest BCUT2D eigenvalue weighted by Crippen LogP contribution is 2.04. The van der Waals surface area contributed by atoms with Crippen LogP contribution in [0.5, 0.6) is 0 Å². The topological polar surface area (TPSA) is 44.8 Å². The second-order valence-electron chi connectivity index (χ2n) is 3.15. The monoisotopic (exact) mass is 230 g/mol. The summed E-state index contributed by atoms with van der Waals surface area (Å²) in [5.41, 5.74) is 0. The summed E-state index contributed by atoms with van der Waals surface area (Å²) in [5.74, 6) is -0.299. The van der Waals surface area contributed by atoms with Gasteiger partial charge in [0.15, 0.2) is 6.29 Å². The first-order valence-electron chi connectivity index (χ1n) is 5.77. The van der Waals surface area contributed by atoms with E-state index in [4.69, 9.17) is 14.2 Å². The molecule has 16 heavy (non-hydrogen) atoms. The Morgan fingerprint density at radius 3 is 2.38 bits per heavy atom. The molecule has 0 bridgehead atoms. The van der Waals surface area contributed by atoms with E-state index in [1.165, 1.54) is 6.08 Å². The highest BCUT2D eigenvalue weighted by molar-refractivity contribution is 5.81. The highest BCUT2D eigenvalue weighted by Gasteiger charge is 2.07. The Labute approximate surface area is 97.6 Å². The molecule has 0 amide bonds. The van der Waals surface area contributed by atoms with Crippen molar-refractivity contribution in [3.05, 3.63) is 12.2 Å². The van der Waals surface area contributed by atoms with Crippen molar-refractivity contribution in [2.24, 2.45) is 0 Å². The lowest BCUT2D eigenvalue weighted by Crippen LogP contribution is -2.18. The molecule has 0 aliphatic rings. The molecule has 0 saturated heterocycles. The fraction of sp³-hybridized carbons (Fsp3) is 0.750. The lowest BCUT2D eigenvalue weighted by atomic mass is 10.3. The Morgan fingerprint density at radius 2 is 1.88 bits per heavy atom. The molecule has 0 spiro atoms. The fourth-order valence-electron chi connectivity index (χ4n) is 1.19. The van der Waals surface area contributed by atoms with E-state index in [0.29, 0.717) is 19.8 Å². The van der Waals surface area contributed by atoms with Gasteiger partial charge in [-0.3, -0.25) is 0 Å². The second kappa shape index (κ2) is 10.6. The molecule has 0 aromatic heterocycles. The van der Waals surface area contributed by atoms with Crippen LogP contribution in [-0.2, 0) is 19.0 Å². The van der Waals surface area contributed by atoms with Crippen molar-refractivity contribution in [1.29, 1.82) is 0 Å². The molecule has 0 saturated carbocycles. The van der Waals surface area contributed by atoms with Crippen LogP contribution in [0.15, 0.2) is 12.2 Å². The molecule has 0 radical (unpaired) electrons. The van der Waals surface area contributed by atoms with Crippen molar-refractivity contribution in [3.63, 3.8) is 0 Å². The second-order valence-corrected chi connectivity index (χ2v) is 3.15. The molecule has 0 unspecified atom stereocenters. The molecule has 0 aliphatic heterocycles. The van der Waals surface area contributed by atoms with E-state index in [1.54, 1.807) is 13.0 Å². The predicted octanol–water partition coefficient (Wildman–Crippen LogP) is 2.29. The van der Waals surface area contributed by atoms with E-state index in [9.17, 15) is 4.79 Å².